The molecule has 86 valence electrons. The Morgan fingerprint density at radius 2 is 2.00 bits per heavy atom. The van der Waals surface area contributed by atoms with Crippen molar-refractivity contribution < 1.29 is 8.98 Å². The maximum absolute atomic E-state index is 10.7. The van der Waals surface area contributed by atoms with Crippen LogP contribution in [0.25, 0.3) is 11.3 Å². The molecule has 1 aromatic carbocycles. The van der Waals surface area contributed by atoms with Crippen LogP contribution in [0.2, 0.25) is 0 Å². The quantitative estimate of drug-likeness (QED) is 0.615. The number of nitrogens with zero attached hydrogens (tertiary/aromatic N) is 2. The number of carbonyl (C=O) groups excluding carboxylic acids is 1. The zero-order valence-electron chi connectivity index (χ0n) is 9.16. The van der Waals surface area contributed by atoms with E-state index in [1.165, 1.54) is 6.92 Å². The first-order chi connectivity index (χ1) is 8.25. The van der Waals surface area contributed by atoms with Crippen LogP contribution in [0.1, 0.15) is 6.92 Å². The van der Waals surface area contributed by atoms with Gasteiger partial charge in [0.05, 0.1) is 5.69 Å². The number of hydrogen-bond donors (Lipinski definition) is 0. The molecule has 1 aromatic heterocycles. The van der Waals surface area contributed by atoms with E-state index in [1.54, 1.807) is 6.20 Å². The Morgan fingerprint density at radius 1 is 1.24 bits per heavy atom. The Bertz CT molecular complexity index is 517. The summed E-state index contributed by atoms with van der Waals surface area (Å²) in [5.74, 6) is -0.372. The molecule has 0 radical (unpaired) electrons. The van der Waals surface area contributed by atoms with Gasteiger partial charge in [-0.1, -0.05) is 30.3 Å². The minimum Gasteiger partial charge on any atom is -0.383 e. The molecule has 0 saturated heterocycles. The second-order valence-corrected chi connectivity index (χ2v) is 3.95. The highest BCUT2D eigenvalue weighted by Gasteiger charge is 2.04. The van der Waals surface area contributed by atoms with Gasteiger partial charge in [0.2, 0.25) is 5.16 Å². The van der Waals surface area contributed by atoms with Gasteiger partial charge >= 0.3 is 5.97 Å². The number of aromatic nitrogens is 2. The molecule has 0 N–H and O–H groups in total. The first-order valence-corrected chi connectivity index (χ1v) is 5.73. The molecule has 2 aromatic rings. The summed E-state index contributed by atoms with van der Waals surface area (Å²) in [6.45, 7) is 1.34. The van der Waals surface area contributed by atoms with Gasteiger partial charge < -0.3 is 4.18 Å². The van der Waals surface area contributed by atoms with Crippen molar-refractivity contribution in [3.8, 4) is 11.3 Å². The van der Waals surface area contributed by atoms with Gasteiger partial charge in [0.15, 0.2) is 0 Å². The lowest BCUT2D eigenvalue weighted by atomic mass is 10.1. The molecule has 0 atom stereocenters. The van der Waals surface area contributed by atoms with Gasteiger partial charge in [0.1, 0.15) is 12.0 Å². The minimum absolute atomic E-state index is 0.372. The van der Waals surface area contributed by atoms with Crippen molar-refractivity contribution in [2.24, 2.45) is 0 Å². The van der Waals surface area contributed by atoms with E-state index in [2.05, 4.69) is 9.97 Å². The average molecular weight is 246 g/mol. The van der Waals surface area contributed by atoms with Crippen LogP contribution >= 0.6 is 12.0 Å². The van der Waals surface area contributed by atoms with E-state index in [0.29, 0.717) is 5.16 Å². The smallest absolute Gasteiger partial charge is 0.315 e. The van der Waals surface area contributed by atoms with Crippen molar-refractivity contribution in [3.05, 3.63) is 42.6 Å². The zero-order valence-corrected chi connectivity index (χ0v) is 9.98. The Balaban J connectivity index is 2.20. The van der Waals surface area contributed by atoms with Crippen LogP contribution in [-0.2, 0) is 8.98 Å². The summed E-state index contributed by atoms with van der Waals surface area (Å²) in [5, 5.41) is 0.418. The molecule has 2 rings (SSSR count). The first kappa shape index (κ1) is 11.6. The van der Waals surface area contributed by atoms with Gasteiger partial charge in [0.25, 0.3) is 0 Å². The molecule has 5 heteroatoms. The van der Waals surface area contributed by atoms with Gasteiger partial charge in [-0.05, 0) is 6.07 Å². The lowest BCUT2D eigenvalue weighted by Gasteiger charge is -2.02. The van der Waals surface area contributed by atoms with Gasteiger partial charge in [-0.3, -0.25) is 4.79 Å². The molecule has 17 heavy (non-hydrogen) atoms. The fourth-order valence-corrected chi connectivity index (χ4v) is 1.68. The summed E-state index contributed by atoms with van der Waals surface area (Å²) in [4.78, 5) is 19.0. The predicted molar refractivity (Wildman–Crippen MR) is 65.1 cm³/mol. The fourth-order valence-electron chi connectivity index (χ4n) is 1.25. The van der Waals surface area contributed by atoms with Crippen LogP contribution in [0.3, 0.4) is 0 Å². The number of carbonyl (C=O) groups is 1. The monoisotopic (exact) mass is 246 g/mol. The van der Waals surface area contributed by atoms with Crippen LogP contribution in [0.5, 0.6) is 0 Å². The first-order valence-electron chi connectivity index (χ1n) is 4.99. The number of benzene rings is 1. The summed E-state index contributed by atoms with van der Waals surface area (Å²) in [6.07, 6.45) is 1.64. The maximum atomic E-state index is 10.7. The summed E-state index contributed by atoms with van der Waals surface area (Å²) in [5.41, 5.74) is 1.80. The van der Waals surface area contributed by atoms with Crippen LogP contribution < -0.4 is 0 Å². The normalized spacial score (nSPS) is 9.94. The Kier molecular flexibility index (Phi) is 3.72. The summed E-state index contributed by atoms with van der Waals surface area (Å²) >= 11 is 0.866. The molecule has 0 saturated carbocycles. The van der Waals surface area contributed by atoms with E-state index in [0.717, 1.165) is 23.3 Å². The third kappa shape index (κ3) is 3.29. The summed E-state index contributed by atoms with van der Waals surface area (Å²) in [6, 6.07) is 11.6. The Hall–Kier alpha value is -1.88. The van der Waals surface area contributed by atoms with E-state index in [4.69, 9.17) is 4.18 Å². The average Bonchev–Trinajstić information content (AvgIpc) is 2.38. The molecule has 0 aliphatic heterocycles. The minimum atomic E-state index is -0.372. The molecular weight excluding hydrogens is 236 g/mol. The molecule has 0 spiro atoms. The summed E-state index contributed by atoms with van der Waals surface area (Å²) < 4.78 is 4.77. The van der Waals surface area contributed by atoms with Crippen molar-refractivity contribution in [2.75, 3.05) is 0 Å². The number of hydrogen-bond acceptors (Lipinski definition) is 5. The van der Waals surface area contributed by atoms with Gasteiger partial charge in [0, 0.05) is 18.7 Å². The highest BCUT2D eigenvalue weighted by molar-refractivity contribution is 7.94. The van der Waals surface area contributed by atoms with E-state index >= 15 is 0 Å². The standard InChI is InChI=1S/C12H10N2O2S/c1-9(15)16-17-12-13-8-7-11(14-12)10-5-3-2-4-6-10/h2-8H,1H3. The van der Waals surface area contributed by atoms with Gasteiger partial charge in [-0.25, -0.2) is 9.97 Å². The molecule has 0 unspecified atom stereocenters. The van der Waals surface area contributed by atoms with E-state index in [1.807, 2.05) is 36.4 Å². The molecule has 0 fully saturated rings. The molecule has 0 aliphatic rings. The van der Waals surface area contributed by atoms with Crippen molar-refractivity contribution in [1.29, 1.82) is 0 Å². The van der Waals surface area contributed by atoms with E-state index in [9.17, 15) is 4.79 Å². The third-order valence-corrected chi connectivity index (χ3v) is 2.60. The Morgan fingerprint density at radius 3 is 2.71 bits per heavy atom. The highest BCUT2D eigenvalue weighted by atomic mass is 32.2. The van der Waals surface area contributed by atoms with E-state index < -0.39 is 0 Å². The van der Waals surface area contributed by atoms with Crippen LogP contribution in [-0.4, -0.2) is 15.9 Å². The van der Waals surface area contributed by atoms with Crippen molar-refractivity contribution in [1.82, 2.24) is 9.97 Å². The van der Waals surface area contributed by atoms with Crippen LogP contribution in [0, 0.1) is 0 Å². The number of rotatable bonds is 3. The highest BCUT2D eigenvalue weighted by Crippen LogP contribution is 2.20. The molecule has 0 amide bonds. The zero-order chi connectivity index (χ0) is 12.1. The van der Waals surface area contributed by atoms with Crippen LogP contribution in [0.15, 0.2) is 47.8 Å². The Labute approximate surface area is 103 Å². The van der Waals surface area contributed by atoms with Crippen LogP contribution in [0.4, 0.5) is 0 Å². The summed E-state index contributed by atoms with van der Waals surface area (Å²) in [7, 11) is 0. The predicted octanol–water partition coefficient (Wildman–Crippen LogP) is 2.71. The molecule has 4 nitrogen and oxygen atoms in total. The van der Waals surface area contributed by atoms with Crippen molar-refractivity contribution in [2.45, 2.75) is 12.1 Å². The second kappa shape index (κ2) is 5.45. The molecular formula is C12H10N2O2S. The topological polar surface area (TPSA) is 52.1 Å². The lowest BCUT2D eigenvalue weighted by Crippen LogP contribution is -1.94. The largest absolute Gasteiger partial charge is 0.383 e. The van der Waals surface area contributed by atoms with Crippen molar-refractivity contribution in [3.63, 3.8) is 0 Å². The van der Waals surface area contributed by atoms with Gasteiger partial charge in [-0.15, -0.1) is 0 Å². The van der Waals surface area contributed by atoms with Gasteiger partial charge in [-0.2, -0.15) is 0 Å². The fraction of sp³-hybridized carbons (Fsp3) is 0.0833. The van der Waals surface area contributed by atoms with Crippen molar-refractivity contribution >= 4 is 18.0 Å². The SMILES string of the molecule is CC(=O)OSc1nccc(-c2ccccc2)n1. The maximum Gasteiger partial charge on any atom is 0.315 e. The van der Waals surface area contributed by atoms with E-state index in [-0.39, 0.29) is 5.97 Å². The third-order valence-electron chi connectivity index (χ3n) is 1.94. The molecule has 0 aliphatic carbocycles. The molecule has 1 heterocycles. The lowest BCUT2D eigenvalue weighted by molar-refractivity contribution is -0.130. The second-order valence-electron chi connectivity index (χ2n) is 3.25. The molecule has 0 bridgehead atoms.